The predicted molar refractivity (Wildman–Crippen MR) is 75.2 cm³/mol. The lowest BCUT2D eigenvalue weighted by Gasteiger charge is -2.35. The van der Waals surface area contributed by atoms with Crippen LogP contribution in [0.1, 0.15) is 41.7 Å². The van der Waals surface area contributed by atoms with E-state index in [1.165, 1.54) is 6.42 Å². The van der Waals surface area contributed by atoms with Gasteiger partial charge in [0.1, 0.15) is 0 Å². The third kappa shape index (κ3) is 3.15. The molecule has 2 rings (SSSR count). The van der Waals surface area contributed by atoms with Gasteiger partial charge in [-0.2, -0.15) is 5.10 Å². The maximum absolute atomic E-state index is 12.7. The van der Waals surface area contributed by atoms with E-state index in [-0.39, 0.29) is 5.91 Å². The van der Waals surface area contributed by atoms with Gasteiger partial charge in [0.15, 0.2) is 0 Å². The van der Waals surface area contributed by atoms with Crippen molar-refractivity contribution in [2.75, 3.05) is 20.1 Å². The first kappa shape index (κ1) is 14.1. The Morgan fingerprint density at radius 1 is 1.53 bits per heavy atom. The van der Waals surface area contributed by atoms with Gasteiger partial charge in [0, 0.05) is 25.8 Å². The van der Waals surface area contributed by atoms with Crippen molar-refractivity contribution in [2.24, 2.45) is 7.05 Å². The summed E-state index contributed by atoms with van der Waals surface area (Å²) >= 11 is 0. The predicted octanol–water partition coefficient (Wildman–Crippen LogP) is 1.33. The second-order valence-electron chi connectivity index (χ2n) is 5.34. The van der Waals surface area contributed by atoms with Gasteiger partial charge in [0.25, 0.3) is 5.91 Å². The van der Waals surface area contributed by atoms with Crippen LogP contribution in [0.5, 0.6) is 0 Å². The Labute approximate surface area is 115 Å². The van der Waals surface area contributed by atoms with E-state index in [0.717, 1.165) is 43.6 Å². The summed E-state index contributed by atoms with van der Waals surface area (Å²) < 4.78 is 1.72. The number of hydrogen-bond acceptors (Lipinski definition) is 3. The van der Waals surface area contributed by atoms with Crippen LogP contribution in [-0.4, -0.2) is 46.8 Å². The van der Waals surface area contributed by atoms with Gasteiger partial charge in [0.05, 0.1) is 11.3 Å². The van der Waals surface area contributed by atoms with Gasteiger partial charge >= 0.3 is 0 Å². The molecule has 1 aliphatic rings. The minimum absolute atomic E-state index is 0.145. The SMILES string of the molecule is CNCCC1CCCCN1C(=O)c1cn(C)nc1C. The number of carbonyl (C=O) groups excluding carboxylic acids is 1. The Bertz CT molecular complexity index is 441. The molecule has 19 heavy (non-hydrogen) atoms. The number of nitrogens with zero attached hydrogens (tertiary/aromatic N) is 3. The Hall–Kier alpha value is -1.36. The quantitative estimate of drug-likeness (QED) is 0.892. The molecule has 1 atom stereocenters. The number of carbonyl (C=O) groups is 1. The number of rotatable bonds is 4. The van der Waals surface area contributed by atoms with Crippen molar-refractivity contribution in [2.45, 2.75) is 38.6 Å². The molecule has 0 bridgehead atoms. The molecule has 0 spiro atoms. The molecule has 5 heteroatoms. The van der Waals surface area contributed by atoms with Crippen LogP contribution in [0.25, 0.3) is 0 Å². The zero-order chi connectivity index (χ0) is 13.8. The van der Waals surface area contributed by atoms with Gasteiger partial charge in [-0.05, 0) is 46.2 Å². The summed E-state index contributed by atoms with van der Waals surface area (Å²) in [7, 11) is 3.82. The fourth-order valence-corrected chi connectivity index (χ4v) is 2.84. The number of piperidine rings is 1. The lowest BCUT2D eigenvalue weighted by atomic mass is 9.98. The van der Waals surface area contributed by atoms with Crippen LogP contribution in [0.15, 0.2) is 6.20 Å². The van der Waals surface area contributed by atoms with Gasteiger partial charge < -0.3 is 10.2 Å². The van der Waals surface area contributed by atoms with Crippen molar-refractivity contribution >= 4 is 5.91 Å². The normalized spacial score (nSPS) is 19.7. The van der Waals surface area contributed by atoms with Crippen LogP contribution in [0, 0.1) is 6.92 Å². The van der Waals surface area contributed by atoms with E-state index >= 15 is 0 Å². The van der Waals surface area contributed by atoms with E-state index < -0.39 is 0 Å². The first-order chi connectivity index (χ1) is 9.13. The molecule has 1 aromatic rings. The van der Waals surface area contributed by atoms with Crippen molar-refractivity contribution in [1.82, 2.24) is 20.0 Å². The second kappa shape index (κ2) is 6.19. The van der Waals surface area contributed by atoms with Crippen LogP contribution in [-0.2, 0) is 7.05 Å². The average Bonchev–Trinajstić information content (AvgIpc) is 2.75. The van der Waals surface area contributed by atoms with Crippen molar-refractivity contribution in [3.8, 4) is 0 Å². The molecule has 106 valence electrons. The summed E-state index contributed by atoms with van der Waals surface area (Å²) in [6.45, 7) is 3.74. The van der Waals surface area contributed by atoms with Crippen LogP contribution in [0.2, 0.25) is 0 Å². The van der Waals surface area contributed by atoms with Crippen LogP contribution in [0.4, 0.5) is 0 Å². The molecule has 1 aromatic heterocycles. The second-order valence-corrected chi connectivity index (χ2v) is 5.34. The van der Waals surface area contributed by atoms with E-state index in [0.29, 0.717) is 6.04 Å². The molecule has 0 aromatic carbocycles. The van der Waals surface area contributed by atoms with Crippen molar-refractivity contribution < 1.29 is 4.79 Å². The van der Waals surface area contributed by atoms with E-state index in [2.05, 4.69) is 10.4 Å². The van der Waals surface area contributed by atoms with Crippen molar-refractivity contribution in [3.05, 3.63) is 17.5 Å². The molecule has 2 heterocycles. The van der Waals surface area contributed by atoms with Crippen molar-refractivity contribution in [3.63, 3.8) is 0 Å². The maximum Gasteiger partial charge on any atom is 0.257 e. The number of amides is 1. The first-order valence-corrected chi connectivity index (χ1v) is 7.09. The fourth-order valence-electron chi connectivity index (χ4n) is 2.84. The summed E-state index contributed by atoms with van der Waals surface area (Å²) in [4.78, 5) is 14.7. The molecule has 0 radical (unpaired) electrons. The molecule has 1 saturated heterocycles. The third-order valence-corrected chi connectivity index (χ3v) is 3.86. The molecule has 1 N–H and O–H groups in total. The highest BCUT2D eigenvalue weighted by molar-refractivity contribution is 5.95. The van der Waals surface area contributed by atoms with Crippen LogP contribution >= 0.6 is 0 Å². The molecule has 1 amide bonds. The molecule has 1 unspecified atom stereocenters. The Balaban J connectivity index is 2.13. The highest BCUT2D eigenvalue weighted by Crippen LogP contribution is 2.22. The van der Waals surface area contributed by atoms with Crippen LogP contribution in [0.3, 0.4) is 0 Å². The van der Waals surface area contributed by atoms with E-state index in [1.54, 1.807) is 4.68 Å². The maximum atomic E-state index is 12.7. The van der Waals surface area contributed by atoms with E-state index in [1.807, 2.05) is 32.1 Å². The summed E-state index contributed by atoms with van der Waals surface area (Å²) in [5.41, 5.74) is 1.57. The standard InChI is InChI=1S/C14H24N4O/c1-11-13(10-17(3)16-11)14(19)18-9-5-4-6-12(18)7-8-15-2/h10,12,15H,4-9H2,1-3H3. The van der Waals surface area contributed by atoms with E-state index in [4.69, 9.17) is 0 Å². The lowest BCUT2D eigenvalue weighted by molar-refractivity contribution is 0.0602. The molecular formula is C14H24N4O. The molecule has 0 aliphatic carbocycles. The van der Waals surface area contributed by atoms with Crippen LogP contribution < -0.4 is 5.32 Å². The van der Waals surface area contributed by atoms with Gasteiger partial charge in [-0.25, -0.2) is 0 Å². The summed E-state index contributed by atoms with van der Waals surface area (Å²) in [5, 5.41) is 7.45. The molecular weight excluding hydrogens is 240 g/mol. The topological polar surface area (TPSA) is 50.2 Å². The van der Waals surface area contributed by atoms with Gasteiger partial charge in [0.2, 0.25) is 0 Å². The minimum atomic E-state index is 0.145. The number of aryl methyl sites for hydroxylation is 2. The summed E-state index contributed by atoms with van der Waals surface area (Å²) in [6, 6.07) is 0.369. The zero-order valence-electron chi connectivity index (χ0n) is 12.1. The Morgan fingerprint density at radius 3 is 2.95 bits per heavy atom. The largest absolute Gasteiger partial charge is 0.336 e. The number of aromatic nitrogens is 2. The minimum Gasteiger partial charge on any atom is -0.336 e. The molecule has 1 aliphatic heterocycles. The smallest absolute Gasteiger partial charge is 0.257 e. The zero-order valence-corrected chi connectivity index (χ0v) is 12.1. The monoisotopic (exact) mass is 264 g/mol. The highest BCUT2D eigenvalue weighted by atomic mass is 16.2. The lowest BCUT2D eigenvalue weighted by Crippen LogP contribution is -2.44. The first-order valence-electron chi connectivity index (χ1n) is 7.09. The number of hydrogen-bond donors (Lipinski definition) is 1. The number of likely N-dealkylation sites (tertiary alicyclic amines) is 1. The van der Waals surface area contributed by atoms with E-state index in [9.17, 15) is 4.79 Å². The molecule has 1 fully saturated rings. The van der Waals surface area contributed by atoms with Gasteiger partial charge in [-0.15, -0.1) is 0 Å². The van der Waals surface area contributed by atoms with Gasteiger partial charge in [-0.1, -0.05) is 0 Å². The summed E-state index contributed by atoms with van der Waals surface area (Å²) in [5.74, 6) is 0.145. The van der Waals surface area contributed by atoms with Crippen molar-refractivity contribution in [1.29, 1.82) is 0 Å². The molecule has 0 saturated carbocycles. The fraction of sp³-hybridized carbons (Fsp3) is 0.714. The number of nitrogens with one attached hydrogen (secondary N) is 1. The Kier molecular flexibility index (Phi) is 4.58. The summed E-state index contributed by atoms with van der Waals surface area (Å²) in [6.07, 6.45) is 6.32. The van der Waals surface area contributed by atoms with Gasteiger partial charge in [-0.3, -0.25) is 9.48 Å². The molecule has 5 nitrogen and oxygen atoms in total. The average molecular weight is 264 g/mol. The highest BCUT2D eigenvalue weighted by Gasteiger charge is 2.28. The Morgan fingerprint density at radius 2 is 2.32 bits per heavy atom. The third-order valence-electron chi connectivity index (χ3n) is 3.86.